The van der Waals surface area contributed by atoms with Crippen LogP contribution in [0, 0.1) is 0 Å². The predicted molar refractivity (Wildman–Crippen MR) is 89.9 cm³/mol. The lowest BCUT2D eigenvalue weighted by molar-refractivity contribution is 0.483. The van der Waals surface area contributed by atoms with Crippen LogP contribution in [0.3, 0.4) is 0 Å². The molecule has 0 saturated carbocycles. The molecule has 122 valence electrons. The summed E-state index contributed by atoms with van der Waals surface area (Å²) in [7, 11) is -4.35. The molecule has 0 fully saturated rings. The molecule has 0 heterocycles. The Morgan fingerprint density at radius 1 is 1.05 bits per heavy atom. The van der Waals surface area contributed by atoms with Crippen molar-refractivity contribution in [3.05, 3.63) is 42.0 Å². The monoisotopic (exact) mass is 326 g/mol. The summed E-state index contributed by atoms with van der Waals surface area (Å²) in [5.74, 6) is 0. The Hall–Kier alpha value is -2.13. The van der Waals surface area contributed by atoms with Gasteiger partial charge >= 0.3 is 0 Å². The van der Waals surface area contributed by atoms with Gasteiger partial charge in [0.2, 0.25) is 0 Å². The zero-order valence-corrected chi connectivity index (χ0v) is 13.2. The summed E-state index contributed by atoms with van der Waals surface area (Å²) in [5, 5.41) is 0. The standard InChI is InChI=1S/C14H16N2O3S.2H3N/c1-2-9-7-12(10-3-5-11(15)6-4-10)14(8-13(9)16)20(17,18)19;;/h3-8H,2,15-16H2,1H3,(H,17,18,19);2*1H3. The maximum atomic E-state index is 11.5. The molecule has 0 aliphatic carbocycles. The Labute approximate surface area is 130 Å². The summed E-state index contributed by atoms with van der Waals surface area (Å²) >= 11 is 0. The Morgan fingerprint density at radius 2 is 1.59 bits per heavy atom. The minimum absolute atomic E-state index is 0. The molecule has 0 spiro atoms. The summed E-state index contributed by atoms with van der Waals surface area (Å²) in [6, 6.07) is 9.73. The maximum absolute atomic E-state index is 11.5. The van der Waals surface area contributed by atoms with E-state index in [0.29, 0.717) is 28.9 Å². The summed E-state index contributed by atoms with van der Waals surface area (Å²) in [6.07, 6.45) is 0.666. The fraction of sp³-hybridized carbons (Fsp3) is 0.143. The van der Waals surface area contributed by atoms with Crippen LogP contribution in [-0.2, 0) is 16.5 Å². The van der Waals surface area contributed by atoms with Crippen LogP contribution in [0.4, 0.5) is 11.4 Å². The first-order valence-corrected chi connectivity index (χ1v) is 7.52. The molecule has 0 radical (unpaired) electrons. The van der Waals surface area contributed by atoms with Crippen molar-refractivity contribution in [2.24, 2.45) is 0 Å². The van der Waals surface area contributed by atoms with Crippen LogP contribution in [0.1, 0.15) is 12.5 Å². The van der Waals surface area contributed by atoms with E-state index in [0.717, 1.165) is 5.56 Å². The van der Waals surface area contributed by atoms with Gasteiger partial charge in [0.05, 0.1) is 0 Å². The molecule has 22 heavy (non-hydrogen) atoms. The third kappa shape index (κ3) is 3.95. The summed E-state index contributed by atoms with van der Waals surface area (Å²) in [5.41, 5.74) is 14.2. The summed E-state index contributed by atoms with van der Waals surface area (Å²) < 4.78 is 32.4. The molecule has 0 bridgehead atoms. The van der Waals surface area contributed by atoms with Crippen molar-refractivity contribution < 1.29 is 13.0 Å². The van der Waals surface area contributed by atoms with E-state index in [1.165, 1.54) is 6.07 Å². The fourth-order valence-electron chi connectivity index (χ4n) is 2.05. The topological polar surface area (TPSA) is 176 Å². The summed E-state index contributed by atoms with van der Waals surface area (Å²) in [6.45, 7) is 1.92. The minimum Gasteiger partial charge on any atom is -0.399 e. The second kappa shape index (κ2) is 7.23. The normalized spacial score (nSPS) is 10.5. The quantitative estimate of drug-likeness (QED) is 0.425. The van der Waals surface area contributed by atoms with Gasteiger partial charge in [-0.1, -0.05) is 19.1 Å². The van der Waals surface area contributed by atoms with Gasteiger partial charge in [-0.2, -0.15) is 8.42 Å². The highest BCUT2D eigenvalue weighted by Gasteiger charge is 2.18. The number of rotatable bonds is 3. The lowest BCUT2D eigenvalue weighted by Crippen LogP contribution is -2.04. The SMILES string of the molecule is CCc1cc(-c2ccc(N)cc2)c(S(=O)(=O)O)cc1N.N.N. The first kappa shape index (κ1) is 19.9. The molecule has 2 aromatic rings. The molecule has 0 atom stereocenters. The van der Waals surface area contributed by atoms with Crippen LogP contribution >= 0.6 is 0 Å². The largest absolute Gasteiger partial charge is 0.399 e. The van der Waals surface area contributed by atoms with Crippen LogP contribution in [0.5, 0.6) is 0 Å². The van der Waals surface area contributed by atoms with Gasteiger partial charge in [0, 0.05) is 16.9 Å². The fourth-order valence-corrected chi connectivity index (χ4v) is 2.78. The minimum atomic E-state index is -4.35. The maximum Gasteiger partial charge on any atom is 0.295 e. The van der Waals surface area contributed by atoms with Gasteiger partial charge in [-0.15, -0.1) is 0 Å². The van der Waals surface area contributed by atoms with E-state index >= 15 is 0 Å². The van der Waals surface area contributed by atoms with Crippen LogP contribution < -0.4 is 23.8 Å². The van der Waals surface area contributed by atoms with Crippen LogP contribution in [0.25, 0.3) is 11.1 Å². The van der Waals surface area contributed by atoms with Crippen LogP contribution in [-0.4, -0.2) is 13.0 Å². The van der Waals surface area contributed by atoms with E-state index in [4.69, 9.17) is 11.5 Å². The van der Waals surface area contributed by atoms with E-state index < -0.39 is 10.1 Å². The second-order valence-electron chi connectivity index (χ2n) is 4.50. The Morgan fingerprint density at radius 3 is 2.05 bits per heavy atom. The highest BCUT2D eigenvalue weighted by Crippen LogP contribution is 2.32. The molecular weight excluding hydrogens is 304 g/mol. The molecule has 0 aliphatic rings. The van der Waals surface area contributed by atoms with Crippen molar-refractivity contribution in [2.75, 3.05) is 11.5 Å². The predicted octanol–water partition coefficient (Wildman–Crippen LogP) is 2.65. The molecule has 7 nitrogen and oxygen atoms in total. The molecule has 11 N–H and O–H groups in total. The zero-order valence-electron chi connectivity index (χ0n) is 12.4. The van der Waals surface area contributed by atoms with Crippen LogP contribution in [0.15, 0.2) is 41.3 Å². The second-order valence-corrected chi connectivity index (χ2v) is 5.89. The average Bonchev–Trinajstić information content (AvgIpc) is 2.38. The Kier molecular flexibility index (Phi) is 6.53. The van der Waals surface area contributed by atoms with E-state index in [2.05, 4.69) is 0 Å². The van der Waals surface area contributed by atoms with E-state index in [9.17, 15) is 13.0 Å². The van der Waals surface area contributed by atoms with Crippen molar-refractivity contribution in [3.8, 4) is 11.1 Å². The molecule has 2 aromatic carbocycles. The third-order valence-corrected chi connectivity index (χ3v) is 4.02. The number of benzene rings is 2. The first-order valence-electron chi connectivity index (χ1n) is 6.08. The van der Waals surface area contributed by atoms with Gasteiger partial charge in [-0.25, -0.2) is 0 Å². The van der Waals surface area contributed by atoms with Crippen molar-refractivity contribution in [1.29, 1.82) is 0 Å². The number of aryl methyl sites for hydroxylation is 1. The molecule has 0 amide bonds. The lowest BCUT2D eigenvalue weighted by Gasteiger charge is -2.12. The third-order valence-electron chi connectivity index (χ3n) is 3.12. The molecule has 2 rings (SSSR count). The van der Waals surface area contributed by atoms with Gasteiger partial charge in [-0.05, 0) is 41.8 Å². The Balaban J connectivity index is 0.00000220. The molecular formula is C14H22N4O3S. The van der Waals surface area contributed by atoms with E-state index in [-0.39, 0.29) is 17.2 Å². The zero-order chi connectivity index (χ0) is 14.9. The number of hydrogen-bond acceptors (Lipinski definition) is 6. The summed E-state index contributed by atoms with van der Waals surface area (Å²) in [4.78, 5) is -0.197. The highest BCUT2D eigenvalue weighted by atomic mass is 32.2. The van der Waals surface area contributed by atoms with Gasteiger partial charge < -0.3 is 23.8 Å². The van der Waals surface area contributed by atoms with Gasteiger partial charge in [-0.3, -0.25) is 4.55 Å². The molecule has 0 aromatic heterocycles. The number of nitrogens with two attached hydrogens (primary N) is 2. The number of nitrogen functional groups attached to an aromatic ring is 2. The van der Waals surface area contributed by atoms with E-state index in [1.807, 2.05) is 6.92 Å². The van der Waals surface area contributed by atoms with Gasteiger partial charge in [0.1, 0.15) is 4.90 Å². The van der Waals surface area contributed by atoms with Crippen molar-refractivity contribution in [2.45, 2.75) is 18.2 Å². The van der Waals surface area contributed by atoms with Crippen molar-refractivity contribution in [1.82, 2.24) is 12.3 Å². The molecule has 0 unspecified atom stereocenters. The molecule has 8 heteroatoms. The van der Waals surface area contributed by atoms with Gasteiger partial charge in [0.25, 0.3) is 10.1 Å². The van der Waals surface area contributed by atoms with Gasteiger partial charge in [0.15, 0.2) is 0 Å². The first-order chi connectivity index (χ1) is 9.32. The molecule has 0 saturated heterocycles. The number of anilines is 2. The smallest absolute Gasteiger partial charge is 0.295 e. The van der Waals surface area contributed by atoms with Crippen molar-refractivity contribution in [3.63, 3.8) is 0 Å². The number of hydrogen-bond donors (Lipinski definition) is 5. The lowest BCUT2D eigenvalue weighted by atomic mass is 10.0. The Bertz CT molecular complexity index is 743. The average molecular weight is 326 g/mol. The molecule has 0 aliphatic heterocycles. The van der Waals surface area contributed by atoms with Crippen molar-refractivity contribution >= 4 is 21.5 Å². The highest BCUT2D eigenvalue weighted by molar-refractivity contribution is 7.86. The van der Waals surface area contributed by atoms with Crippen LogP contribution in [0.2, 0.25) is 0 Å². The van der Waals surface area contributed by atoms with E-state index in [1.54, 1.807) is 30.3 Å².